The number of hydrogen-bond donors (Lipinski definition) is 1. The van der Waals surface area contributed by atoms with Crippen LogP contribution in [0.4, 0.5) is 5.69 Å². The number of aromatic nitrogens is 2. The van der Waals surface area contributed by atoms with E-state index in [0.717, 1.165) is 11.0 Å². The van der Waals surface area contributed by atoms with Crippen LogP contribution in [0.1, 0.15) is 24.3 Å². The Morgan fingerprint density at radius 1 is 1.15 bits per heavy atom. The zero-order valence-corrected chi connectivity index (χ0v) is 15.9. The lowest BCUT2D eigenvalue weighted by molar-refractivity contribution is -0.116. The Hall–Kier alpha value is -3.22. The maximum Gasteiger partial charge on any atom is 0.355 e. The fraction of sp³-hybridized carbons (Fsp3) is 0.300. The summed E-state index contributed by atoms with van der Waals surface area (Å²) in [6.07, 6.45) is 1.64. The molecule has 0 aliphatic rings. The van der Waals surface area contributed by atoms with Gasteiger partial charge in [-0.3, -0.25) is 4.79 Å². The van der Waals surface area contributed by atoms with Gasteiger partial charge in [0.15, 0.2) is 0 Å². The summed E-state index contributed by atoms with van der Waals surface area (Å²) in [4.78, 5) is 25.1. The molecule has 27 heavy (non-hydrogen) atoms. The number of benzene rings is 1. The van der Waals surface area contributed by atoms with Crippen molar-refractivity contribution in [3.8, 4) is 5.75 Å². The summed E-state index contributed by atoms with van der Waals surface area (Å²) in [5.74, 6) is -0.145. The second-order valence-electron chi connectivity index (χ2n) is 6.52. The average Bonchev–Trinajstić information content (AvgIpc) is 3.15. The number of methoxy groups -OCH3 is 1. The fourth-order valence-corrected chi connectivity index (χ4v) is 2.97. The Balaban J connectivity index is 1.90. The van der Waals surface area contributed by atoms with Gasteiger partial charge >= 0.3 is 5.97 Å². The van der Waals surface area contributed by atoms with Crippen LogP contribution in [0.3, 0.4) is 0 Å². The Morgan fingerprint density at radius 2 is 1.89 bits per heavy atom. The van der Waals surface area contributed by atoms with Crippen LogP contribution in [0.25, 0.3) is 11.0 Å². The Morgan fingerprint density at radius 3 is 2.59 bits per heavy atom. The first kappa shape index (κ1) is 18.6. The molecule has 1 N–H and O–H groups in total. The summed E-state index contributed by atoms with van der Waals surface area (Å²) >= 11 is 0. The van der Waals surface area contributed by atoms with Crippen LogP contribution in [-0.4, -0.2) is 34.2 Å². The Bertz CT molecular complexity index is 984. The van der Waals surface area contributed by atoms with Gasteiger partial charge in [0.05, 0.1) is 29.9 Å². The van der Waals surface area contributed by atoms with Gasteiger partial charge in [0.2, 0.25) is 5.91 Å². The van der Waals surface area contributed by atoms with Crippen molar-refractivity contribution in [1.29, 1.82) is 0 Å². The van der Waals surface area contributed by atoms with Gasteiger partial charge in [-0.15, -0.1) is 0 Å². The highest BCUT2D eigenvalue weighted by Crippen LogP contribution is 2.25. The minimum absolute atomic E-state index is 0.0198. The average molecular weight is 369 g/mol. The van der Waals surface area contributed by atoms with Crippen LogP contribution in [0.15, 0.2) is 42.6 Å². The summed E-state index contributed by atoms with van der Waals surface area (Å²) in [7, 11) is 3.43. The molecule has 0 fully saturated rings. The van der Waals surface area contributed by atoms with Crippen molar-refractivity contribution < 1.29 is 19.1 Å². The number of aryl methyl sites for hydroxylation is 1. The monoisotopic (exact) mass is 369 g/mol. The first-order valence-electron chi connectivity index (χ1n) is 8.69. The van der Waals surface area contributed by atoms with Crippen molar-refractivity contribution in [2.24, 2.45) is 7.05 Å². The standard InChI is InChI=1S/C20H23N3O4/c1-13(2)27-20(25)17-11-16-15(9-10-22(16)3)23(17)12-19(24)21-14-7-5-6-8-18(14)26-4/h5-11,13H,12H2,1-4H3,(H,21,24). The van der Waals surface area contributed by atoms with Crippen LogP contribution < -0.4 is 10.1 Å². The summed E-state index contributed by atoms with van der Waals surface area (Å²) in [6.45, 7) is 3.56. The van der Waals surface area contributed by atoms with E-state index in [1.54, 1.807) is 43.7 Å². The highest BCUT2D eigenvalue weighted by Gasteiger charge is 2.21. The predicted molar refractivity (Wildman–Crippen MR) is 103 cm³/mol. The lowest BCUT2D eigenvalue weighted by atomic mass is 10.3. The van der Waals surface area contributed by atoms with Gasteiger partial charge in [0, 0.05) is 13.2 Å². The number of carbonyl (C=O) groups excluding carboxylic acids is 2. The zero-order valence-electron chi connectivity index (χ0n) is 15.9. The molecule has 2 heterocycles. The highest BCUT2D eigenvalue weighted by atomic mass is 16.5. The third-order valence-corrected chi connectivity index (χ3v) is 4.19. The topological polar surface area (TPSA) is 74.5 Å². The molecular weight excluding hydrogens is 346 g/mol. The van der Waals surface area contributed by atoms with Crippen LogP contribution in [0.5, 0.6) is 5.75 Å². The van der Waals surface area contributed by atoms with Crippen molar-refractivity contribution in [2.75, 3.05) is 12.4 Å². The number of ether oxygens (including phenoxy) is 2. The van der Waals surface area contributed by atoms with Gasteiger partial charge in [-0.25, -0.2) is 4.79 Å². The van der Waals surface area contributed by atoms with E-state index in [2.05, 4.69) is 5.32 Å². The van der Waals surface area contributed by atoms with Crippen LogP contribution in [-0.2, 0) is 23.1 Å². The first-order valence-corrected chi connectivity index (χ1v) is 8.69. The lowest BCUT2D eigenvalue weighted by Crippen LogP contribution is -2.23. The second kappa shape index (κ2) is 7.57. The molecule has 0 spiro atoms. The third kappa shape index (κ3) is 3.81. The Labute approximate surface area is 157 Å². The molecule has 142 valence electrons. The zero-order chi connectivity index (χ0) is 19.6. The molecule has 3 aromatic rings. The van der Waals surface area contributed by atoms with E-state index in [9.17, 15) is 9.59 Å². The third-order valence-electron chi connectivity index (χ3n) is 4.19. The maximum atomic E-state index is 12.6. The normalized spacial score (nSPS) is 11.0. The lowest BCUT2D eigenvalue weighted by Gasteiger charge is -2.13. The molecule has 0 aliphatic heterocycles. The molecule has 0 radical (unpaired) electrons. The number of nitrogens with one attached hydrogen (secondary N) is 1. The minimum atomic E-state index is -0.453. The molecular formula is C20H23N3O4. The van der Waals surface area contributed by atoms with E-state index in [4.69, 9.17) is 9.47 Å². The molecule has 1 amide bonds. The molecule has 0 saturated carbocycles. The SMILES string of the molecule is COc1ccccc1NC(=O)Cn1c(C(=O)OC(C)C)cc2c1ccn2C. The van der Waals surface area contributed by atoms with Crippen LogP contribution in [0, 0.1) is 0 Å². The van der Waals surface area contributed by atoms with Crippen molar-refractivity contribution >= 4 is 28.6 Å². The largest absolute Gasteiger partial charge is 0.495 e. The summed E-state index contributed by atoms with van der Waals surface area (Å²) < 4.78 is 14.2. The second-order valence-corrected chi connectivity index (χ2v) is 6.52. The van der Waals surface area contributed by atoms with Gasteiger partial charge < -0.3 is 23.9 Å². The smallest absolute Gasteiger partial charge is 0.355 e. The summed E-state index contributed by atoms with van der Waals surface area (Å²) in [6, 6.07) is 10.8. The van der Waals surface area contributed by atoms with Gasteiger partial charge in [0.25, 0.3) is 0 Å². The van der Waals surface area contributed by atoms with E-state index in [-0.39, 0.29) is 18.6 Å². The van der Waals surface area contributed by atoms with Crippen molar-refractivity contribution in [3.63, 3.8) is 0 Å². The van der Waals surface area contributed by atoms with Crippen LogP contribution in [0.2, 0.25) is 0 Å². The molecule has 3 rings (SSSR count). The first-order chi connectivity index (χ1) is 12.9. The number of nitrogens with zero attached hydrogens (tertiary/aromatic N) is 2. The molecule has 7 heteroatoms. The number of rotatable bonds is 6. The van der Waals surface area contributed by atoms with E-state index < -0.39 is 5.97 Å². The maximum absolute atomic E-state index is 12.6. The number of carbonyl (C=O) groups is 2. The van der Waals surface area contributed by atoms with E-state index in [1.807, 2.05) is 36.0 Å². The van der Waals surface area contributed by atoms with Crippen LogP contribution >= 0.6 is 0 Å². The number of para-hydroxylation sites is 2. The molecule has 0 bridgehead atoms. The highest BCUT2D eigenvalue weighted by molar-refractivity contribution is 5.98. The summed E-state index contributed by atoms with van der Waals surface area (Å²) in [5, 5.41) is 2.83. The molecule has 1 aromatic carbocycles. The van der Waals surface area contributed by atoms with Crippen molar-refractivity contribution in [1.82, 2.24) is 9.13 Å². The van der Waals surface area contributed by atoms with Crippen molar-refractivity contribution in [3.05, 3.63) is 48.3 Å². The van der Waals surface area contributed by atoms with E-state index >= 15 is 0 Å². The number of anilines is 1. The number of amides is 1. The van der Waals surface area contributed by atoms with Gasteiger partial charge in [-0.2, -0.15) is 0 Å². The molecule has 0 unspecified atom stereocenters. The van der Waals surface area contributed by atoms with Gasteiger partial charge in [0.1, 0.15) is 18.0 Å². The molecule has 2 aromatic heterocycles. The number of hydrogen-bond acceptors (Lipinski definition) is 4. The van der Waals surface area contributed by atoms with E-state index in [0.29, 0.717) is 17.1 Å². The fourth-order valence-electron chi connectivity index (χ4n) is 2.97. The predicted octanol–water partition coefficient (Wildman–Crippen LogP) is 3.19. The molecule has 0 atom stereocenters. The van der Waals surface area contributed by atoms with E-state index in [1.165, 1.54) is 0 Å². The van der Waals surface area contributed by atoms with Gasteiger partial charge in [-0.05, 0) is 38.1 Å². The molecule has 0 saturated heterocycles. The summed E-state index contributed by atoms with van der Waals surface area (Å²) in [5.41, 5.74) is 2.58. The van der Waals surface area contributed by atoms with Gasteiger partial charge in [-0.1, -0.05) is 12.1 Å². The minimum Gasteiger partial charge on any atom is -0.495 e. The molecule has 0 aliphatic carbocycles. The Kier molecular flexibility index (Phi) is 5.21. The number of fused-ring (bicyclic) bond motifs is 1. The number of esters is 1. The van der Waals surface area contributed by atoms with Crippen molar-refractivity contribution in [2.45, 2.75) is 26.5 Å². The molecule has 7 nitrogen and oxygen atoms in total. The quantitative estimate of drug-likeness (QED) is 0.677.